The number of rotatable bonds is 8. The Morgan fingerprint density at radius 2 is 1.48 bits per heavy atom. The lowest BCUT2D eigenvalue weighted by molar-refractivity contribution is 0.717. The van der Waals surface area contributed by atoms with Crippen LogP contribution in [0.1, 0.15) is 57.1 Å². The molecule has 0 aliphatic rings. The summed E-state index contributed by atoms with van der Waals surface area (Å²) in [4.78, 5) is 0. The molecule has 0 heterocycles. The molecule has 0 spiro atoms. The fourth-order valence-electron chi connectivity index (χ4n) is 2.65. The highest BCUT2D eigenvalue weighted by molar-refractivity contribution is 5.63. The quantitative estimate of drug-likeness (QED) is 0.502. The molecule has 21 heavy (non-hydrogen) atoms. The minimum atomic E-state index is 1.17. The first-order chi connectivity index (χ1) is 10.3. The van der Waals surface area contributed by atoms with E-state index in [0.29, 0.717) is 0 Å². The average Bonchev–Trinajstić information content (AvgIpc) is 2.54. The van der Waals surface area contributed by atoms with E-state index in [4.69, 9.17) is 0 Å². The zero-order valence-corrected chi connectivity index (χ0v) is 13.5. The van der Waals surface area contributed by atoms with Crippen molar-refractivity contribution in [1.29, 1.82) is 0 Å². The summed E-state index contributed by atoms with van der Waals surface area (Å²) < 4.78 is 0. The Hall–Kier alpha value is -1.56. The van der Waals surface area contributed by atoms with Crippen LogP contribution < -0.4 is 0 Å². The smallest absolute Gasteiger partial charge is 0.00990 e. The maximum atomic E-state index is 3.37. The summed E-state index contributed by atoms with van der Waals surface area (Å²) in [7, 11) is 0. The summed E-state index contributed by atoms with van der Waals surface area (Å²) in [6.45, 7) is 4.50. The van der Waals surface area contributed by atoms with E-state index in [2.05, 4.69) is 62.4 Å². The van der Waals surface area contributed by atoms with Crippen LogP contribution in [-0.2, 0) is 12.8 Å². The van der Waals surface area contributed by atoms with Gasteiger partial charge in [-0.3, -0.25) is 0 Å². The van der Waals surface area contributed by atoms with E-state index < -0.39 is 0 Å². The molecule has 0 bridgehead atoms. The maximum absolute atomic E-state index is 3.37. The maximum Gasteiger partial charge on any atom is -0.00990 e. The van der Waals surface area contributed by atoms with Crippen LogP contribution in [0.3, 0.4) is 0 Å². The lowest BCUT2D eigenvalue weighted by atomic mass is 9.98. The largest absolute Gasteiger partial charge is 0.0654 e. The minimum Gasteiger partial charge on any atom is -0.0654 e. The Morgan fingerprint density at radius 1 is 0.762 bits per heavy atom. The average molecular weight is 279 g/mol. The molecular formula is C21H27. The second-order valence-corrected chi connectivity index (χ2v) is 5.87. The predicted molar refractivity (Wildman–Crippen MR) is 92.6 cm³/mol. The second kappa shape index (κ2) is 8.67. The monoisotopic (exact) mass is 279 g/mol. The fourth-order valence-corrected chi connectivity index (χ4v) is 2.65. The molecule has 0 amide bonds. The van der Waals surface area contributed by atoms with Crippen LogP contribution >= 0.6 is 0 Å². The highest BCUT2D eigenvalue weighted by atomic mass is 14.1. The third-order valence-corrected chi connectivity index (χ3v) is 4.02. The van der Waals surface area contributed by atoms with Crippen molar-refractivity contribution in [3.63, 3.8) is 0 Å². The molecule has 0 aliphatic carbocycles. The predicted octanol–water partition coefficient (Wildman–Crippen LogP) is 6.23. The van der Waals surface area contributed by atoms with Crippen molar-refractivity contribution in [2.45, 2.75) is 58.8 Å². The van der Waals surface area contributed by atoms with Crippen LogP contribution in [0.2, 0.25) is 0 Å². The summed E-state index contributed by atoms with van der Waals surface area (Å²) >= 11 is 0. The van der Waals surface area contributed by atoms with Gasteiger partial charge in [0.25, 0.3) is 0 Å². The summed E-state index contributed by atoms with van der Waals surface area (Å²) in [6, 6.07) is 19.0. The molecule has 1 radical (unpaired) electrons. The van der Waals surface area contributed by atoms with Gasteiger partial charge in [-0.15, -0.1) is 0 Å². The van der Waals surface area contributed by atoms with Gasteiger partial charge >= 0.3 is 0 Å². The molecular weight excluding hydrogens is 252 g/mol. The molecule has 0 atom stereocenters. The molecule has 0 heteroatoms. The topological polar surface area (TPSA) is 0 Å². The highest BCUT2D eigenvalue weighted by Gasteiger charge is 2.01. The molecule has 111 valence electrons. The van der Waals surface area contributed by atoms with Gasteiger partial charge in [0, 0.05) is 0 Å². The number of aryl methyl sites for hydroxylation is 2. The third kappa shape index (κ3) is 5.04. The molecule has 0 aliphatic heterocycles. The number of benzene rings is 2. The van der Waals surface area contributed by atoms with E-state index >= 15 is 0 Å². The Bertz CT molecular complexity index is 522. The van der Waals surface area contributed by atoms with Crippen LogP contribution in [-0.4, -0.2) is 0 Å². The normalized spacial score (nSPS) is 10.8. The van der Waals surface area contributed by atoms with Crippen molar-refractivity contribution < 1.29 is 0 Å². The van der Waals surface area contributed by atoms with Gasteiger partial charge in [-0.1, -0.05) is 75.6 Å². The molecule has 0 saturated heterocycles. The van der Waals surface area contributed by atoms with Crippen molar-refractivity contribution in [2.75, 3.05) is 0 Å². The van der Waals surface area contributed by atoms with Gasteiger partial charge in [0.05, 0.1) is 0 Å². The lowest BCUT2D eigenvalue weighted by Gasteiger charge is -2.06. The van der Waals surface area contributed by atoms with Gasteiger partial charge in [0.15, 0.2) is 0 Å². The zero-order chi connectivity index (χ0) is 14.9. The van der Waals surface area contributed by atoms with Crippen LogP contribution in [0, 0.1) is 6.07 Å². The lowest BCUT2D eigenvalue weighted by Crippen LogP contribution is -1.88. The molecule has 0 aromatic heterocycles. The third-order valence-electron chi connectivity index (χ3n) is 4.02. The first-order valence-electron chi connectivity index (χ1n) is 8.43. The molecule has 0 fully saturated rings. The van der Waals surface area contributed by atoms with Gasteiger partial charge in [0.1, 0.15) is 0 Å². The molecule has 0 unspecified atom stereocenters. The van der Waals surface area contributed by atoms with E-state index in [1.165, 1.54) is 67.2 Å². The van der Waals surface area contributed by atoms with Crippen LogP contribution in [0.15, 0.2) is 42.5 Å². The fraction of sp³-hybridized carbons (Fsp3) is 0.429. The van der Waals surface area contributed by atoms with E-state index in [1.54, 1.807) is 0 Å². The van der Waals surface area contributed by atoms with Crippen LogP contribution in [0.5, 0.6) is 0 Å². The zero-order valence-electron chi connectivity index (χ0n) is 13.5. The van der Waals surface area contributed by atoms with Gasteiger partial charge in [-0.05, 0) is 54.0 Å². The Labute approximate surface area is 130 Å². The summed E-state index contributed by atoms with van der Waals surface area (Å²) in [6.07, 6.45) is 8.81. The second-order valence-electron chi connectivity index (χ2n) is 5.87. The van der Waals surface area contributed by atoms with Gasteiger partial charge in [0.2, 0.25) is 0 Å². The van der Waals surface area contributed by atoms with Crippen LogP contribution in [0.25, 0.3) is 11.1 Å². The first kappa shape index (κ1) is 15.8. The van der Waals surface area contributed by atoms with Gasteiger partial charge in [-0.25, -0.2) is 0 Å². The van der Waals surface area contributed by atoms with Crippen LogP contribution in [0.4, 0.5) is 0 Å². The summed E-state index contributed by atoms with van der Waals surface area (Å²) in [5.74, 6) is 0. The molecule has 0 N–H and O–H groups in total. The van der Waals surface area contributed by atoms with E-state index in [9.17, 15) is 0 Å². The van der Waals surface area contributed by atoms with Crippen molar-refractivity contribution in [1.82, 2.24) is 0 Å². The Balaban J connectivity index is 2.04. The standard InChI is InChI=1S/C21H27/c1-3-5-7-10-18-13-15-20(16-14-18)21-12-8-11-19(17-21)9-6-4-2/h8,11,13-17H,3-7,9-10H2,1-2H3. The molecule has 2 aromatic carbocycles. The van der Waals surface area contributed by atoms with Gasteiger partial charge < -0.3 is 0 Å². The van der Waals surface area contributed by atoms with Crippen molar-refractivity contribution >= 4 is 0 Å². The van der Waals surface area contributed by atoms with Crippen molar-refractivity contribution in [3.8, 4) is 11.1 Å². The molecule has 0 nitrogen and oxygen atoms in total. The van der Waals surface area contributed by atoms with Crippen molar-refractivity contribution in [3.05, 3.63) is 59.7 Å². The first-order valence-corrected chi connectivity index (χ1v) is 8.43. The highest BCUT2D eigenvalue weighted by Crippen LogP contribution is 2.22. The van der Waals surface area contributed by atoms with E-state index in [-0.39, 0.29) is 0 Å². The van der Waals surface area contributed by atoms with E-state index in [1.807, 2.05) is 0 Å². The van der Waals surface area contributed by atoms with E-state index in [0.717, 1.165) is 0 Å². The minimum absolute atomic E-state index is 1.17. The molecule has 2 aromatic rings. The number of hydrogen-bond acceptors (Lipinski definition) is 0. The Morgan fingerprint density at radius 3 is 2.19 bits per heavy atom. The number of hydrogen-bond donors (Lipinski definition) is 0. The summed E-state index contributed by atoms with van der Waals surface area (Å²) in [5, 5.41) is 0. The SMILES string of the molecule is CCCCCc1ccc(-c2[c]ccc(CCCC)c2)cc1. The molecule has 0 saturated carbocycles. The molecule has 2 rings (SSSR count). The number of unbranched alkanes of at least 4 members (excludes halogenated alkanes) is 3. The Kier molecular flexibility index (Phi) is 6.53. The van der Waals surface area contributed by atoms with Crippen molar-refractivity contribution in [2.24, 2.45) is 0 Å². The summed E-state index contributed by atoms with van der Waals surface area (Å²) in [5.41, 5.74) is 5.39. The van der Waals surface area contributed by atoms with Gasteiger partial charge in [-0.2, -0.15) is 0 Å².